The second-order valence-electron chi connectivity index (χ2n) is 6.44. The van der Waals surface area contributed by atoms with Gasteiger partial charge in [-0.1, -0.05) is 24.6 Å². The summed E-state index contributed by atoms with van der Waals surface area (Å²) in [6.45, 7) is 1.76. The number of anilines is 1. The molecular weight excluding hydrogens is 318 g/mol. The van der Waals surface area contributed by atoms with Crippen LogP contribution in [-0.4, -0.2) is 21.6 Å². The minimum Gasteiger partial charge on any atom is -0.354 e. The van der Waals surface area contributed by atoms with Crippen LogP contribution in [0.1, 0.15) is 50.5 Å². The van der Waals surface area contributed by atoms with E-state index in [0.717, 1.165) is 0 Å². The molecule has 4 rings (SSSR count). The number of amides is 1. The standard InChI is InChI=1S/C19H21N3O3/c1-12-11-22(16-10-14-8-5-9-15(14)25-16)19(24)21-17(12)20-18(23)13-6-3-2-4-7-13/h2-4,6-7,11,14-16H,5,8-10H2,1H3,(H,20,21,23,24)/t14-,15-,16-/m1/s1/i8T,9T/t8-,9-,14-,15-,16-. The quantitative estimate of drug-likeness (QED) is 0.930. The van der Waals surface area contributed by atoms with Gasteiger partial charge in [-0.25, -0.2) is 4.79 Å². The summed E-state index contributed by atoms with van der Waals surface area (Å²) < 4.78 is 23.4. The first-order chi connectivity index (χ1) is 12.9. The molecule has 6 nitrogen and oxygen atoms in total. The second-order valence-corrected chi connectivity index (χ2v) is 6.44. The number of ether oxygens (including phenoxy) is 1. The number of aryl methyl sites for hydroxylation is 1. The van der Waals surface area contributed by atoms with Crippen LogP contribution in [0, 0.1) is 12.8 Å². The van der Waals surface area contributed by atoms with Crippen LogP contribution in [-0.2, 0) is 4.74 Å². The molecule has 0 spiro atoms. The average Bonchev–Trinajstić information content (AvgIpc) is 3.20. The number of carbonyl (C=O) groups excluding carboxylic acids is 1. The van der Waals surface area contributed by atoms with Gasteiger partial charge in [0.2, 0.25) is 0 Å². The fourth-order valence-corrected chi connectivity index (χ4v) is 3.40. The molecule has 5 atom stereocenters. The number of carbonyl (C=O) groups is 1. The highest BCUT2D eigenvalue weighted by Gasteiger charge is 2.39. The van der Waals surface area contributed by atoms with Crippen molar-refractivity contribution in [2.45, 2.75) is 44.9 Å². The molecule has 2 aliphatic rings. The highest BCUT2D eigenvalue weighted by atomic mass is 16.5. The molecule has 6 heteroatoms. The van der Waals surface area contributed by atoms with Gasteiger partial charge in [0.1, 0.15) is 12.0 Å². The summed E-state index contributed by atoms with van der Waals surface area (Å²) in [5.74, 6) is -0.133. The van der Waals surface area contributed by atoms with Crippen LogP contribution in [0.5, 0.6) is 0 Å². The van der Waals surface area contributed by atoms with Gasteiger partial charge in [-0.2, -0.15) is 4.98 Å². The van der Waals surface area contributed by atoms with E-state index >= 15 is 0 Å². The third-order valence-corrected chi connectivity index (χ3v) is 4.73. The lowest BCUT2D eigenvalue weighted by Crippen LogP contribution is -2.29. The summed E-state index contributed by atoms with van der Waals surface area (Å²) in [5.41, 5.74) is 0.610. The van der Waals surface area contributed by atoms with E-state index in [0.29, 0.717) is 24.0 Å². The molecule has 1 amide bonds. The Morgan fingerprint density at radius 1 is 1.36 bits per heavy atom. The highest BCUT2D eigenvalue weighted by Crippen LogP contribution is 2.42. The minimum absolute atomic E-state index is 0.0258. The van der Waals surface area contributed by atoms with Gasteiger partial charge < -0.3 is 10.1 Å². The van der Waals surface area contributed by atoms with E-state index in [1.54, 1.807) is 37.4 Å². The zero-order valence-electron chi connectivity index (χ0n) is 15.9. The summed E-state index contributed by atoms with van der Waals surface area (Å²) in [6, 6.07) is 8.72. The van der Waals surface area contributed by atoms with Crippen molar-refractivity contribution < 1.29 is 12.3 Å². The Labute approximate surface area is 148 Å². The summed E-state index contributed by atoms with van der Waals surface area (Å²) >= 11 is 0. The van der Waals surface area contributed by atoms with Gasteiger partial charge in [-0.05, 0) is 44.2 Å². The minimum atomic E-state index is -0.517. The maximum Gasteiger partial charge on any atom is 0.351 e. The molecule has 0 unspecified atom stereocenters. The monoisotopic (exact) mass is 343 g/mol. The van der Waals surface area contributed by atoms with Gasteiger partial charge in [0, 0.05) is 20.1 Å². The average molecular weight is 343 g/mol. The van der Waals surface area contributed by atoms with E-state index in [2.05, 4.69) is 10.3 Å². The smallest absolute Gasteiger partial charge is 0.351 e. The first kappa shape index (κ1) is 13.8. The van der Waals surface area contributed by atoms with E-state index < -0.39 is 18.3 Å². The zero-order valence-corrected chi connectivity index (χ0v) is 13.9. The van der Waals surface area contributed by atoms with Crippen molar-refractivity contribution in [1.82, 2.24) is 9.55 Å². The molecule has 2 fully saturated rings. The van der Waals surface area contributed by atoms with E-state index in [1.165, 1.54) is 4.57 Å². The Balaban J connectivity index is 1.55. The number of nitrogens with zero attached hydrogens (tertiary/aromatic N) is 2. The second kappa shape index (κ2) is 6.44. The maximum absolute atomic E-state index is 12.5. The van der Waals surface area contributed by atoms with Gasteiger partial charge in [0.15, 0.2) is 0 Å². The topological polar surface area (TPSA) is 73.2 Å². The van der Waals surface area contributed by atoms with Crippen molar-refractivity contribution in [3.63, 3.8) is 0 Å². The Bertz CT molecular complexity index is 902. The Hall–Kier alpha value is -2.47. The van der Waals surface area contributed by atoms with Crippen molar-refractivity contribution in [2.24, 2.45) is 5.92 Å². The first-order valence-electron chi connectivity index (χ1n) is 9.55. The van der Waals surface area contributed by atoms with Gasteiger partial charge in [0.05, 0.1) is 6.10 Å². The van der Waals surface area contributed by atoms with Gasteiger partial charge in [0.25, 0.3) is 5.91 Å². The summed E-state index contributed by atoms with van der Waals surface area (Å²) in [5, 5.41) is 2.67. The van der Waals surface area contributed by atoms with Crippen LogP contribution in [0.4, 0.5) is 5.82 Å². The van der Waals surface area contributed by atoms with Crippen LogP contribution >= 0.6 is 0 Å². The van der Waals surface area contributed by atoms with Crippen molar-refractivity contribution in [1.29, 1.82) is 0 Å². The molecule has 1 saturated heterocycles. The SMILES string of the molecule is [3H][C@@H]1C[C@@H]([3H])[C@H]2O[C@@H](n3cc(C)c(NC(=O)c4ccccc4)nc3=O)C[C@H]21. The summed E-state index contributed by atoms with van der Waals surface area (Å²) in [7, 11) is 0. The molecule has 0 radical (unpaired) electrons. The van der Waals surface area contributed by atoms with Crippen molar-refractivity contribution in [3.05, 3.63) is 58.1 Å². The van der Waals surface area contributed by atoms with Crippen LogP contribution in [0.2, 0.25) is 0 Å². The van der Waals surface area contributed by atoms with Crippen LogP contribution in [0.25, 0.3) is 0 Å². The van der Waals surface area contributed by atoms with E-state index in [1.807, 2.05) is 6.07 Å². The predicted molar refractivity (Wildman–Crippen MR) is 93.5 cm³/mol. The number of rotatable bonds is 3. The number of hydrogen-bond acceptors (Lipinski definition) is 4. The molecule has 0 bridgehead atoms. The summed E-state index contributed by atoms with van der Waals surface area (Å²) in [4.78, 5) is 28.8. The number of aromatic nitrogens is 2. The number of benzene rings is 1. The van der Waals surface area contributed by atoms with E-state index in [4.69, 9.17) is 7.48 Å². The van der Waals surface area contributed by atoms with E-state index in [-0.39, 0.29) is 30.1 Å². The van der Waals surface area contributed by atoms with Crippen LogP contribution in [0.15, 0.2) is 41.3 Å². The molecule has 2 heterocycles. The molecule has 2 aromatic rings. The lowest BCUT2D eigenvalue weighted by molar-refractivity contribution is -0.00307. The Morgan fingerprint density at radius 2 is 2.16 bits per heavy atom. The van der Waals surface area contributed by atoms with Gasteiger partial charge in [-0.3, -0.25) is 9.36 Å². The van der Waals surface area contributed by atoms with Gasteiger partial charge >= 0.3 is 5.69 Å². The molecular formula is C19H21N3O3. The lowest BCUT2D eigenvalue weighted by atomic mass is 10.0. The number of fused-ring (bicyclic) bond motifs is 1. The Kier molecular flexibility index (Phi) is 3.55. The maximum atomic E-state index is 12.5. The fourth-order valence-electron chi connectivity index (χ4n) is 3.40. The normalized spacial score (nSPS) is 32.0. The fraction of sp³-hybridized carbons (Fsp3) is 0.421. The van der Waals surface area contributed by atoms with E-state index in [9.17, 15) is 9.59 Å². The predicted octanol–water partition coefficient (Wildman–Crippen LogP) is 2.89. The lowest BCUT2D eigenvalue weighted by Gasteiger charge is -2.17. The highest BCUT2D eigenvalue weighted by molar-refractivity contribution is 6.03. The molecule has 1 saturated carbocycles. The molecule has 1 N–H and O–H groups in total. The Morgan fingerprint density at radius 3 is 2.92 bits per heavy atom. The third kappa shape index (κ3) is 3.09. The molecule has 1 aliphatic carbocycles. The molecule has 130 valence electrons. The van der Waals surface area contributed by atoms with Crippen LogP contribution in [0.3, 0.4) is 0 Å². The number of nitrogens with one attached hydrogen (secondary N) is 1. The summed E-state index contributed by atoms with van der Waals surface area (Å²) in [6.07, 6.45) is 1.11. The van der Waals surface area contributed by atoms with Crippen molar-refractivity contribution >= 4 is 11.7 Å². The molecule has 1 aromatic carbocycles. The first-order valence-corrected chi connectivity index (χ1v) is 8.40. The molecule has 1 aromatic heterocycles. The zero-order chi connectivity index (χ0) is 19.1. The van der Waals surface area contributed by atoms with Crippen molar-refractivity contribution in [2.75, 3.05) is 5.32 Å². The third-order valence-electron chi connectivity index (χ3n) is 4.73. The molecule has 1 aliphatic heterocycles. The molecule has 25 heavy (non-hydrogen) atoms. The van der Waals surface area contributed by atoms with Gasteiger partial charge in [-0.15, -0.1) is 0 Å². The number of hydrogen-bond donors (Lipinski definition) is 1. The largest absolute Gasteiger partial charge is 0.354 e. The van der Waals surface area contributed by atoms with Crippen LogP contribution < -0.4 is 11.0 Å². The van der Waals surface area contributed by atoms with Crippen molar-refractivity contribution in [3.8, 4) is 0 Å².